The van der Waals surface area contributed by atoms with Crippen molar-refractivity contribution in [3.8, 4) is 0 Å². The highest BCUT2D eigenvalue weighted by Gasteiger charge is 2.14. The monoisotopic (exact) mass is 150 g/mol. The van der Waals surface area contributed by atoms with Gasteiger partial charge in [0.2, 0.25) is 0 Å². The van der Waals surface area contributed by atoms with E-state index in [4.69, 9.17) is 0 Å². The van der Waals surface area contributed by atoms with Gasteiger partial charge in [-0.2, -0.15) is 0 Å². The SMILES string of the molecule is CC(C)CCC(F)C(C)F. The minimum atomic E-state index is -1.31. The summed E-state index contributed by atoms with van der Waals surface area (Å²) in [5.74, 6) is 0.469. The summed E-state index contributed by atoms with van der Waals surface area (Å²) in [7, 11) is 0. The van der Waals surface area contributed by atoms with Gasteiger partial charge in [0.25, 0.3) is 0 Å². The van der Waals surface area contributed by atoms with Gasteiger partial charge in [-0.1, -0.05) is 13.8 Å². The lowest BCUT2D eigenvalue weighted by Gasteiger charge is -2.09. The smallest absolute Gasteiger partial charge is 0.131 e. The van der Waals surface area contributed by atoms with Crippen molar-refractivity contribution in [2.75, 3.05) is 0 Å². The summed E-state index contributed by atoms with van der Waals surface area (Å²) in [5.41, 5.74) is 0. The van der Waals surface area contributed by atoms with Crippen LogP contribution in [0.3, 0.4) is 0 Å². The highest BCUT2D eigenvalue weighted by Crippen LogP contribution is 2.13. The Hall–Kier alpha value is -0.140. The van der Waals surface area contributed by atoms with Crippen molar-refractivity contribution >= 4 is 0 Å². The molecule has 0 aliphatic carbocycles. The predicted molar refractivity (Wildman–Crippen MR) is 39.5 cm³/mol. The topological polar surface area (TPSA) is 0 Å². The standard InChI is InChI=1S/C8H16F2/c1-6(2)4-5-8(10)7(3)9/h6-8H,4-5H2,1-3H3. The van der Waals surface area contributed by atoms with Gasteiger partial charge in [-0.05, 0) is 25.7 Å². The van der Waals surface area contributed by atoms with E-state index in [1.807, 2.05) is 13.8 Å². The number of hydrogen-bond donors (Lipinski definition) is 0. The second-order valence-corrected chi connectivity index (χ2v) is 3.16. The molecule has 10 heavy (non-hydrogen) atoms. The van der Waals surface area contributed by atoms with Gasteiger partial charge in [0, 0.05) is 0 Å². The largest absolute Gasteiger partial charge is 0.245 e. The van der Waals surface area contributed by atoms with E-state index in [2.05, 4.69) is 0 Å². The molecule has 2 heteroatoms. The van der Waals surface area contributed by atoms with E-state index < -0.39 is 12.3 Å². The van der Waals surface area contributed by atoms with E-state index in [9.17, 15) is 8.78 Å². The van der Waals surface area contributed by atoms with Crippen LogP contribution in [0.1, 0.15) is 33.6 Å². The zero-order valence-electron chi connectivity index (χ0n) is 6.90. The van der Waals surface area contributed by atoms with E-state index in [1.165, 1.54) is 6.92 Å². The third-order valence-electron chi connectivity index (χ3n) is 1.52. The Kier molecular flexibility index (Phi) is 4.58. The molecular weight excluding hydrogens is 134 g/mol. The van der Waals surface area contributed by atoms with Crippen LogP contribution in [0.5, 0.6) is 0 Å². The van der Waals surface area contributed by atoms with Crippen molar-refractivity contribution in [3.63, 3.8) is 0 Å². The van der Waals surface area contributed by atoms with E-state index >= 15 is 0 Å². The first-order valence-electron chi connectivity index (χ1n) is 3.82. The van der Waals surface area contributed by atoms with E-state index in [0.29, 0.717) is 12.3 Å². The van der Waals surface area contributed by atoms with Crippen molar-refractivity contribution < 1.29 is 8.78 Å². The molecule has 0 nitrogen and oxygen atoms in total. The van der Waals surface area contributed by atoms with Crippen LogP contribution in [-0.2, 0) is 0 Å². The minimum absolute atomic E-state index is 0.356. The molecule has 0 aliphatic rings. The fourth-order valence-electron chi connectivity index (χ4n) is 0.722. The molecule has 2 unspecified atom stereocenters. The Morgan fingerprint density at radius 2 is 1.50 bits per heavy atom. The van der Waals surface area contributed by atoms with Crippen LogP contribution >= 0.6 is 0 Å². The highest BCUT2D eigenvalue weighted by molar-refractivity contribution is 4.63. The molecule has 0 saturated heterocycles. The quantitative estimate of drug-likeness (QED) is 0.577. The van der Waals surface area contributed by atoms with Gasteiger partial charge in [-0.25, -0.2) is 8.78 Å². The van der Waals surface area contributed by atoms with Gasteiger partial charge >= 0.3 is 0 Å². The summed E-state index contributed by atoms with van der Waals surface area (Å²) in [6.45, 7) is 5.29. The van der Waals surface area contributed by atoms with Gasteiger partial charge in [0.05, 0.1) is 0 Å². The lowest BCUT2D eigenvalue weighted by atomic mass is 10.0. The fourth-order valence-corrected chi connectivity index (χ4v) is 0.722. The fraction of sp³-hybridized carbons (Fsp3) is 1.00. The lowest BCUT2D eigenvalue weighted by molar-refractivity contribution is 0.165. The van der Waals surface area contributed by atoms with Gasteiger partial charge in [-0.3, -0.25) is 0 Å². The molecule has 2 atom stereocenters. The first kappa shape index (κ1) is 9.86. The van der Waals surface area contributed by atoms with Crippen LogP contribution < -0.4 is 0 Å². The first-order chi connectivity index (χ1) is 4.54. The normalized spacial score (nSPS) is 17.4. The molecule has 0 aromatic carbocycles. The number of alkyl halides is 2. The van der Waals surface area contributed by atoms with Crippen LogP contribution in [-0.4, -0.2) is 12.3 Å². The molecule has 0 amide bonds. The summed E-state index contributed by atoms with van der Waals surface area (Å²) in [5, 5.41) is 0. The Morgan fingerprint density at radius 3 is 1.80 bits per heavy atom. The number of hydrogen-bond acceptors (Lipinski definition) is 0. The van der Waals surface area contributed by atoms with Crippen LogP contribution in [0.2, 0.25) is 0 Å². The molecule has 0 rings (SSSR count). The van der Waals surface area contributed by atoms with Gasteiger partial charge < -0.3 is 0 Å². The molecule has 0 N–H and O–H groups in total. The Morgan fingerprint density at radius 1 is 1.00 bits per heavy atom. The third kappa shape index (κ3) is 4.71. The van der Waals surface area contributed by atoms with Crippen LogP contribution in [0.15, 0.2) is 0 Å². The number of rotatable bonds is 4. The average Bonchev–Trinajstić information content (AvgIpc) is 1.82. The zero-order chi connectivity index (χ0) is 8.15. The van der Waals surface area contributed by atoms with Crippen molar-refractivity contribution in [3.05, 3.63) is 0 Å². The van der Waals surface area contributed by atoms with E-state index in [0.717, 1.165) is 6.42 Å². The highest BCUT2D eigenvalue weighted by atomic mass is 19.2. The van der Waals surface area contributed by atoms with Crippen molar-refractivity contribution in [2.24, 2.45) is 5.92 Å². The van der Waals surface area contributed by atoms with Gasteiger partial charge in [-0.15, -0.1) is 0 Å². The van der Waals surface area contributed by atoms with Crippen molar-refractivity contribution in [2.45, 2.75) is 46.0 Å². The third-order valence-corrected chi connectivity index (χ3v) is 1.52. The van der Waals surface area contributed by atoms with Crippen LogP contribution in [0.25, 0.3) is 0 Å². The first-order valence-corrected chi connectivity index (χ1v) is 3.82. The molecule has 0 spiro atoms. The molecule has 0 bridgehead atoms. The summed E-state index contributed by atoms with van der Waals surface area (Å²) < 4.78 is 24.7. The molecule has 0 aliphatic heterocycles. The zero-order valence-corrected chi connectivity index (χ0v) is 6.90. The Balaban J connectivity index is 3.30. The summed E-state index contributed by atoms with van der Waals surface area (Å²) in [6.07, 6.45) is -1.44. The van der Waals surface area contributed by atoms with Crippen molar-refractivity contribution in [1.29, 1.82) is 0 Å². The Bertz CT molecular complexity index is 79.3. The maximum absolute atomic E-state index is 12.5. The summed E-state index contributed by atoms with van der Waals surface area (Å²) in [6, 6.07) is 0. The lowest BCUT2D eigenvalue weighted by Crippen LogP contribution is -2.13. The minimum Gasteiger partial charge on any atom is -0.245 e. The average molecular weight is 150 g/mol. The second-order valence-electron chi connectivity index (χ2n) is 3.16. The maximum atomic E-state index is 12.5. The Labute approximate surface area is 61.6 Å². The molecule has 0 heterocycles. The summed E-state index contributed by atoms with van der Waals surface area (Å²) in [4.78, 5) is 0. The molecule has 0 fully saturated rings. The van der Waals surface area contributed by atoms with Crippen LogP contribution in [0, 0.1) is 5.92 Å². The molecule has 0 aromatic rings. The van der Waals surface area contributed by atoms with E-state index in [-0.39, 0.29) is 0 Å². The molecule has 0 aromatic heterocycles. The maximum Gasteiger partial charge on any atom is 0.131 e. The molecule has 0 saturated carbocycles. The second kappa shape index (κ2) is 4.64. The molecule has 0 radical (unpaired) electrons. The summed E-state index contributed by atoms with van der Waals surface area (Å²) >= 11 is 0. The molecular formula is C8H16F2. The van der Waals surface area contributed by atoms with E-state index in [1.54, 1.807) is 0 Å². The molecule has 62 valence electrons. The van der Waals surface area contributed by atoms with Crippen LogP contribution in [0.4, 0.5) is 8.78 Å². The van der Waals surface area contributed by atoms with Gasteiger partial charge in [0.15, 0.2) is 0 Å². The van der Waals surface area contributed by atoms with Crippen molar-refractivity contribution in [1.82, 2.24) is 0 Å². The number of halogens is 2. The predicted octanol–water partition coefficient (Wildman–Crippen LogP) is 3.12. The van der Waals surface area contributed by atoms with Gasteiger partial charge in [0.1, 0.15) is 12.3 Å².